The maximum absolute atomic E-state index is 14.2. The van der Waals surface area contributed by atoms with Crippen LogP contribution in [-0.4, -0.2) is 59.9 Å². The largest absolute Gasteiger partial charge is 0.481 e. The molecule has 0 aromatic heterocycles. The van der Waals surface area contributed by atoms with Crippen molar-refractivity contribution in [1.29, 1.82) is 0 Å². The van der Waals surface area contributed by atoms with Crippen molar-refractivity contribution in [2.75, 3.05) is 20.1 Å². The number of amides is 1. The van der Waals surface area contributed by atoms with Crippen LogP contribution in [0, 0.1) is 56.2 Å². The summed E-state index contributed by atoms with van der Waals surface area (Å²) in [5, 5.41) is 13.4. The number of hydrogen-bond donors (Lipinski definition) is 2. The summed E-state index contributed by atoms with van der Waals surface area (Å²) >= 11 is 6.20. The van der Waals surface area contributed by atoms with Crippen LogP contribution in [0.2, 0.25) is 5.02 Å². The number of carboxylic acid groups (broad SMARTS) is 1. The van der Waals surface area contributed by atoms with E-state index >= 15 is 0 Å². The number of fused-ring (bicyclic) bond motifs is 7. The van der Waals surface area contributed by atoms with Crippen LogP contribution in [0.1, 0.15) is 139 Å². The first-order chi connectivity index (χ1) is 26.1. The van der Waals surface area contributed by atoms with Crippen LogP contribution in [0.4, 0.5) is 0 Å². The van der Waals surface area contributed by atoms with Gasteiger partial charge in [-0.15, -0.1) is 0 Å². The zero-order valence-corrected chi connectivity index (χ0v) is 36.7. The highest BCUT2D eigenvalue weighted by Gasteiger charge is 2.70. The lowest BCUT2D eigenvalue weighted by atomic mass is 9.33. The zero-order chi connectivity index (χ0) is 41.2. The third-order valence-corrected chi connectivity index (χ3v) is 17.0. The number of carboxylic acids is 1. The number of allylic oxidation sites excluding steroid dienone is 2. The van der Waals surface area contributed by atoms with Crippen molar-refractivity contribution in [3.8, 4) is 0 Å². The summed E-state index contributed by atoms with van der Waals surface area (Å²) in [6, 6.07) is 7.74. The number of aliphatic carboxylic acids is 1. The number of carbonyl (C=O) groups is 4. The number of benzene rings is 1. The predicted octanol–water partition coefficient (Wildman–Crippen LogP) is 9.67. The van der Waals surface area contributed by atoms with Gasteiger partial charge in [-0.05, 0) is 142 Å². The molecule has 0 saturated heterocycles. The summed E-state index contributed by atoms with van der Waals surface area (Å²) in [4.78, 5) is 54.7. The van der Waals surface area contributed by atoms with Gasteiger partial charge in [0.15, 0.2) is 5.78 Å². The third kappa shape index (κ3) is 7.09. The van der Waals surface area contributed by atoms with E-state index in [1.807, 2.05) is 36.2 Å². The lowest BCUT2D eigenvalue weighted by Crippen LogP contribution is -2.65. The number of rotatable bonds is 12. The molecule has 1 aromatic carbocycles. The van der Waals surface area contributed by atoms with E-state index in [4.69, 9.17) is 16.3 Å². The highest BCUT2D eigenvalue weighted by Crippen LogP contribution is 2.77. The number of hydrogen-bond acceptors (Lipinski definition) is 6. The maximum atomic E-state index is 14.2. The highest BCUT2D eigenvalue weighted by molar-refractivity contribution is 6.30. The first-order valence-corrected chi connectivity index (χ1v) is 21.8. The average Bonchev–Trinajstić information content (AvgIpc) is 3.41. The lowest BCUT2D eigenvalue weighted by molar-refractivity contribution is -0.233. The van der Waals surface area contributed by atoms with Crippen LogP contribution in [0.5, 0.6) is 0 Å². The second kappa shape index (κ2) is 15.1. The van der Waals surface area contributed by atoms with Gasteiger partial charge in [0.25, 0.3) is 0 Å². The van der Waals surface area contributed by atoms with Crippen molar-refractivity contribution in [2.24, 2.45) is 56.2 Å². The lowest BCUT2D eigenvalue weighted by Gasteiger charge is -2.72. The van der Waals surface area contributed by atoms with Gasteiger partial charge in [0.1, 0.15) is 6.10 Å². The molecule has 2 N–H and O–H groups in total. The van der Waals surface area contributed by atoms with E-state index in [1.54, 1.807) is 13.8 Å². The first kappa shape index (κ1) is 42.9. The topological polar surface area (TPSA) is 113 Å². The second-order valence-electron chi connectivity index (χ2n) is 20.9. The molecule has 8 atom stereocenters. The standard InChI is InChI=1S/C47H69ClN2O6/c1-29(2)39-33(51)25-47(23-24-50(37(52)27-49-10)28-30-11-13-31(48)14-12-30)22-21-45(8)32(40(39)47)15-16-35-44(7)19-18-36(56-38(53)26-42(3,4)41(54)55)43(5,6)34(44)17-20-46(35,45)9/h11-14,29,32,34-36,49H,15-28H2,1-10H3,(H,54,55)/t32-,34+,35-,36+,44+,45-,46-,47-/m1/s1. The minimum absolute atomic E-state index is 0.0221. The van der Waals surface area contributed by atoms with Crippen LogP contribution in [-0.2, 0) is 30.5 Å². The van der Waals surface area contributed by atoms with Gasteiger partial charge in [-0.25, -0.2) is 0 Å². The maximum Gasteiger partial charge on any atom is 0.309 e. The summed E-state index contributed by atoms with van der Waals surface area (Å²) in [6.45, 7) is 21.2. The van der Waals surface area contributed by atoms with E-state index in [1.165, 1.54) is 5.57 Å². The van der Waals surface area contributed by atoms with Crippen LogP contribution < -0.4 is 5.32 Å². The van der Waals surface area contributed by atoms with Crippen molar-refractivity contribution in [2.45, 2.75) is 146 Å². The summed E-state index contributed by atoms with van der Waals surface area (Å²) < 4.78 is 6.19. The van der Waals surface area contributed by atoms with Gasteiger partial charge < -0.3 is 20.1 Å². The third-order valence-electron chi connectivity index (χ3n) is 16.8. The molecule has 310 valence electrons. The SMILES string of the molecule is CNCC(=O)N(CC[C@@]12CC[C@]3(C)[C@H](CC[C@@H]4[C@@]5(C)CC[C@H](OC(=O)CC(C)(C)C(=O)O)C(C)(C)[C@@H]5CC[C@]43C)C1=C(C(C)C)C(=O)C2)Cc1ccc(Cl)cc1. The Bertz CT molecular complexity index is 1750. The molecule has 1 aromatic rings. The molecule has 0 spiro atoms. The van der Waals surface area contributed by atoms with Gasteiger partial charge >= 0.3 is 11.9 Å². The van der Waals surface area contributed by atoms with Gasteiger partial charge in [0.2, 0.25) is 5.91 Å². The van der Waals surface area contributed by atoms with Gasteiger partial charge in [-0.1, -0.05) is 77.8 Å². The van der Waals surface area contributed by atoms with E-state index < -0.39 is 17.4 Å². The Balaban J connectivity index is 1.27. The predicted molar refractivity (Wildman–Crippen MR) is 221 cm³/mol. The molecule has 0 bridgehead atoms. The number of ether oxygens (including phenoxy) is 1. The minimum atomic E-state index is -1.17. The molecule has 4 saturated carbocycles. The molecule has 1 amide bonds. The smallest absolute Gasteiger partial charge is 0.309 e. The minimum Gasteiger partial charge on any atom is -0.481 e. The molecule has 0 radical (unpaired) electrons. The Kier molecular flexibility index (Phi) is 11.6. The summed E-state index contributed by atoms with van der Waals surface area (Å²) in [7, 11) is 1.81. The Morgan fingerprint density at radius 1 is 0.946 bits per heavy atom. The Morgan fingerprint density at radius 3 is 2.25 bits per heavy atom. The molecule has 8 nitrogen and oxygen atoms in total. The van der Waals surface area contributed by atoms with Crippen LogP contribution in [0.25, 0.3) is 0 Å². The molecule has 5 aliphatic rings. The first-order valence-electron chi connectivity index (χ1n) is 21.4. The van der Waals surface area contributed by atoms with Gasteiger partial charge in [0.05, 0.1) is 18.4 Å². The van der Waals surface area contributed by atoms with E-state index in [9.17, 15) is 24.3 Å². The van der Waals surface area contributed by atoms with Gasteiger partial charge in [-0.2, -0.15) is 0 Å². The van der Waals surface area contributed by atoms with Gasteiger partial charge in [0, 0.05) is 35.4 Å². The molecule has 4 fully saturated rings. The molecule has 5 aliphatic carbocycles. The molecular formula is C47H69ClN2O6. The van der Waals surface area contributed by atoms with E-state index in [2.05, 4.69) is 53.8 Å². The average molecular weight is 794 g/mol. The number of carbonyl (C=O) groups excluding carboxylic acids is 3. The van der Waals surface area contributed by atoms with Crippen molar-refractivity contribution in [1.82, 2.24) is 10.2 Å². The fourth-order valence-corrected chi connectivity index (χ4v) is 13.7. The molecule has 6 rings (SSSR count). The van der Waals surface area contributed by atoms with Crippen molar-refractivity contribution >= 4 is 35.2 Å². The number of ketones is 1. The number of likely N-dealkylation sites (N-methyl/N-ethyl adjacent to an activating group) is 1. The Labute approximate surface area is 341 Å². The summed E-state index contributed by atoms with van der Waals surface area (Å²) in [5.41, 5.74) is 2.07. The normalized spacial score (nSPS) is 35.0. The molecular weight excluding hydrogens is 724 g/mol. The Morgan fingerprint density at radius 2 is 1.62 bits per heavy atom. The zero-order valence-electron chi connectivity index (χ0n) is 35.9. The quantitative estimate of drug-likeness (QED) is 0.203. The van der Waals surface area contributed by atoms with Crippen molar-refractivity contribution in [3.05, 3.63) is 46.0 Å². The van der Waals surface area contributed by atoms with E-state index in [0.29, 0.717) is 48.1 Å². The number of nitrogens with one attached hydrogen (secondary N) is 1. The Hall–Kier alpha value is -2.71. The summed E-state index contributed by atoms with van der Waals surface area (Å²) in [5.74, 6) is 0.308. The number of nitrogens with zero attached hydrogens (tertiary/aromatic N) is 1. The second-order valence-corrected chi connectivity index (χ2v) is 21.3. The monoisotopic (exact) mass is 792 g/mol. The van der Waals surface area contributed by atoms with Gasteiger partial charge in [-0.3, -0.25) is 19.2 Å². The number of esters is 1. The number of halogens is 1. The van der Waals surface area contributed by atoms with E-state index in [0.717, 1.165) is 68.9 Å². The molecule has 0 heterocycles. The van der Waals surface area contributed by atoms with Crippen LogP contribution in [0.3, 0.4) is 0 Å². The van der Waals surface area contributed by atoms with Crippen molar-refractivity contribution < 1.29 is 29.0 Å². The fraction of sp³-hybridized carbons (Fsp3) is 0.745. The molecule has 0 unspecified atom stereocenters. The molecule has 56 heavy (non-hydrogen) atoms. The molecule has 0 aliphatic heterocycles. The highest BCUT2D eigenvalue weighted by atomic mass is 35.5. The molecule has 9 heteroatoms. The van der Waals surface area contributed by atoms with Crippen molar-refractivity contribution in [3.63, 3.8) is 0 Å². The van der Waals surface area contributed by atoms with Crippen LogP contribution >= 0.6 is 11.6 Å². The summed E-state index contributed by atoms with van der Waals surface area (Å²) in [6.07, 6.45) is 9.08. The number of Topliss-reactive ketones (excluding diaryl/α,β-unsaturated/α-hetero) is 1. The van der Waals surface area contributed by atoms with E-state index in [-0.39, 0.29) is 58.0 Å². The fourth-order valence-electron chi connectivity index (χ4n) is 13.6. The van der Waals surface area contributed by atoms with Crippen LogP contribution in [0.15, 0.2) is 35.4 Å².